The number of carbonyl (C=O) groups excluding carboxylic acids is 1. The van der Waals surface area contributed by atoms with Crippen molar-refractivity contribution in [1.29, 1.82) is 0 Å². The number of hydrogen-bond acceptors (Lipinski definition) is 6. The van der Waals surface area contributed by atoms with Crippen LogP contribution in [0.15, 0.2) is 36.4 Å². The number of anilines is 1. The Morgan fingerprint density at radius 1 is 1.02 bits per heavy atom. The SMILES string of the molecule is C[C@@H]1[C@@H](C)CCC[C@@H]([C@H](O)C(F)(F)F)C2CCC2CN2CCCCc3cc(Cl)ccc3COc3ccc(cc32)C(=O)NS1(=O)=O. The summed E-state index contributed by atoms with van der Waals surface area (Å²) in [5, 5.41) is 10.2. The molecular weight excluding hydrogens is 629 g/mol. The number of carbonyl (C=O) groups is 1. The maximum absolute atomic E-state index is 13.9. The van der Waals surface area contributed by atoms with Gasteiger partial charge in [0.1, 0.15) is 12.4 Å². The molecule has 2 unspecified atom stereocenters. The molecule has 2 aromatic carbocycles. The Labute approximate surface area is 268 Å². The lowest BCUT2D eigenvalue weighted by atomic mass is 9.63. The maximum Gasteiger partial charge on any atom is 0.414 e. The van der Waals surface area contributed by atoms with Gasteiger partial charge in [-0.2, -0.15) is 13.2 Å². The van der Waals surface area contributed by atoms with Gasteiger partial charge in [0.2, 0.25) is 10.0 Å². The van der Waals surface area contributed by atoms with Gasteiger partial charge in [-0.15, -0.1) is 0 Å². The quantitative estimate of drug-likeness (QED) is 0.343. The molecule has 6 atom stereocenters. The topological polar surface area (TPSA) is 95.9 Å². The zero-order valence-corrected chi connectivity index (χ0v) is 27.2. The highest BCUT2D eigenvalue weighted by Gasteiger charge is 2.50. The van der Waals surface area contributed by atoms with E-state index in [0.717, 1.165) is 36.8 Å². The molecule has 1 aliphatic carbocycles. The number of hydrogen-bond donors (Lipinski definition) is 2. The summed E-state index contributed by atoms with van der Waals surface area (Å²) in [6.45, 7) is 4.45. The number of aliphatic hydroxyl groups is 1. The molecule has 7 nitrogen and oxygen atoms in total. The van der Waals surface area contributed by atoms with Crippen LogP contribution in [0.5, 0.6) is 5.75 Å². The van der Waals surface area contributed by atoms with E-state index in [0.29, 0.717) is 48.8 Å². The Morgan fingerprint density at radius 2 is 1.80 bits per heavy atom. The average Bonchev–Trinajstić information content (AvgIpc) is 2.99. The summed E-state index contributed by atoms with van der Waals surface area (Å²) in [6, 6.07) is 10.5. The molecule has 0 saturated heterocycles. The highest BCUT2D eigenvalue weighted by molar-refractivity contribution is 7.90. The minimum Gasteiger partial charge on any atom is -0.487 e. The Kier molecular flexibility index (Phi) is 10.3. The number of benzene rings is 2. The van der Waals surface area contributed by atoms with Gasteiger partial charge in [-0.25, -0.2) is 13.1 Å². The van der Waals surface area contributed by atoms with Gasteiger partial charge < -0.3 is 14.7 Å². The Bertz CT molecular complexity index is 1490. The van der Waals surface area contributed by atoms with E-state index < -0.39 is 45.3 Å². The number of halogens is 4. The van der Waals surface area contributed by atoms with E-state index in [4.69, 9.17) is 16.3 Å². The van der Waals surface area contributed by atoms with Crippen LogP contribution in [0.4, 0.5) is 18.9 Å². The van der Waals surface area contributed by atoms with Gasteiger partial charge in [0.05, 0.1) is 10.9 Å². The smallest absolute Gasteiger partial charge is 0.414 e. The van der Waals surface area contributed by atoms with Crippen LogP contribution in [-0.4, -0.2) is 50.1 Å². The van der Waals surface area contributed by atoms with Gasteiger partial charge in [0, 0.05) is 23.7 Å². The van der Waals surface area contributed by atoms with Crippen molar-refractivity contribution in [3.63, 3.8) is 0 Å². The van der Waals surface area contributed by atoms with Crippen LogP contribution < -0.4 is 14.4 Å². The van der Waals surface area contributed by atoms with Crippen LogP contribution >= 0.6 is 11.6 Å². The maximum atomic E-state index is 13.9. The van der Waals surface area contributed by atoms with Crippen LogP contribution in [0.3, 0.4) is 0 Å². The van der Waals surface area contributed by atoms with Gasteiger partial charge in [0.25, 0.3) is 5.91 Å². The fourth-order valence-electron chi connectivity index (χ4n) is 7.09. The lowest BCUT2D eigenvalue weighted by molar-refractivity contribution is -0.231. The van der Waals surface area contributed by atoms with E-state index in [-0.39, 0.29) is 30.4 Å². The van der Waals surface area contributed by atoms with Gasteiger partial charge in [-0.1, -0.05) is 31.0 Å². The van der Waals surface area contributed by atoms with Crippen molar-refractivity contribution in [1.82, 2.24) is 4.72 Å². The van der Waals surface area contributed by atoms with Crippen molar-refractivity contribution < 1.29 is 36.2 Å². The zero-order valence-electron chi connectivity index (χ0n) is 25.7. The summed E-state index contributed by atoms with van der Waals surface area (Å²) in [5.41, 5.74) is 2.79. The fourth-order valence-corrected chi connectivity index (χ4v) is 8.60. The zero-order chi connectivity index (χ0) is 32.5. The van der Waals surface area contributed by atoms with E-state index >= 15 is 0 Å². The number of ether oxygens (including phenoxy) is 1. The number of sulfonamides is 1. The molecule has 0 radical (unpaired) electrons. The molecule has 3 aliphatic rings. The van der Waals surface area contributed by atoms with Crippen molar-refractivity contribution in [2.24, 2.45) is 23.7 Å². The molecule has 2 aromatic rings. The van der Waals surface area contributed by atoms with Gasteiger partial charge >= 0.3 is 6.18 Å². The molecule has 1 amide bonds. The lowest BCUT2D eigenvalue weighted by Gasteiger charge is -2.46. The molecule has 2 heterocycles. The summed E-state index contributed by atoms with van der Waals surface area (Å²) in [6.07, 6.45) is -2.70. The first-order valence-electron chi connectivity index (χ1n) is 15.8. The van der Waals surface area contributed by atoms with Crippen molar-refractivity contribution in [2.45, 2.75) is 89.4 Å². The van der Waals surface area contributed by atoms with E-state index in [1.54, 1.807) is 19.1 Å². The second-order valence-corrected chi connectivity index (χ2v) is 15.5. The van der Waals surface area contributed by atoms with Crippen LogP contribution in [0.1, 0.15) is 80.3 Å². The third kappa shape index (κ3) is 7.73. The highest BCUT2D eigenvalue weighted by Crippen LogP contribution is 2.47. The molecule has 1 fully saturated rings. The largest absolute Gasteiger partial charge is 0.487 e. The second kappa shape index (κ2) is 13.7. The highest BCUT2D eigenvalue weighted by atomic mass is 35.5. The fraction of sp³-hybridized carbons (Fsp3) is 0.606. The third-order valence-corrected chi connectivity index (χ3v) is 12.3. The summed E-state index contributed by atoms with van der Waals surface area (Å²) in [5.74, 6) is -2.09. The van der Waals surface area contributed by atoms with Gasteiger partial charge in [0.15, 0.2) is 6.10 Å². The summed E-state index contributed by atoms with van der Waals surface area (Å²) in [7, 11) is -4.08. The number of aryl methyl sites for hydroxylation is 1. The van der Waals surface area contributed by atoms with Crippen molar-refractivity contribution in [3.8, 4) is 5.75 Å². The number of rotatable bonds is 1. The number of amides is 1. The van der Waals surface area contributed by atoms with Crippen LogP contribution in [0.25, 0.3) is 0 Å². The third-order valence-electron chi connectivity index (χ3n) is 10.2. The number of fused-ring (bicyclic) bond motifs is 3. The molecule has 1 saturated carbocycles. The minimum absolute atomic E-state index is 0.0944. The molecule has 45 heavy (non-hydrogen) atoms. The second-order valence-electron chi connectivity index (χ2n) is 13.0. The summed E-state index contributed by atoms with van der Waals surface area (Å²) < 4.78 is 76.7. The number of aliphatic hydroxyl groups excluding tert-OH is 1. The first kappa shape index (κ1) is 33.9. The number of nitrogens with one attached hydrogen (secondary N) is 1. The predicted octanol–water partition coefficient (Wildman–Crippen LogP) is 6.90. The summed E-state index contributed by atoms with van der Waals surface area (Å²) >= 11 is 6.28. The van der Waals surface area contributed by atoms with Gasteiger partial charge in [-0.05, 0) is 117 Å². The standard InChI is InChI=1S/C33H42ClF3N2O5S/c1-20-6-5-8-28(31(40)33(35,36)37)27-13-10-24(27)18-39-15-4-3-7-22-16-26(34)12-9-25(22)19-44-30-14-11-23(17-29(30)39)32(41)38-45(42,43)21(20)2/h9,11-12,14,16-17,20-21,24,27-28,31,40H,3-8,10,13,15,18-19H2,1-2H3,(H,38,41)/t20-,21+,24?,27?,28+,31-/m0/s1. The first-order chi connectivity index (χ1) is 21.2. The van der Waals surface area contributed by atoms with Crippen molar-refractivity contribution in [2.75, 3.05) is 18.0 Å². The van der Waals surface area contributed by atoms with Crippen LogP contribution in [0, 0.1) is 23.7 Å². The number of nitrogens with zero attached hydrogens (tertiary/aromatic N) is 1. The molecule has 2 bridgehead atoms. The van der Waals surface area contributed by atoms with E-state index in [1.807, 2.05) is 18.2 Å². The minimum atomic E-state index is -4.75. The Balaban J connectivity index is 1.55. The molecule has 0 spiro atoms. The normalized spacial score (nSPS) is 28.6. The Morgan fingerprint density at radius 3 is 2.51 bits per heavy atom. The predicted molar refractivity (Wildman–Crippen MR) is 168 cm³/mol. The number of alkyl halides is 3. The molecule has 248 valence electrons. The van der Waals surface area contributed by atoms with Crippen molar-refractivity contribution >= 4 is 33.2 Å². The van der Waals surface area contributed by atoms with E-state index in [2.05, 4.69) is 9.62 Å². The van der Waals surface area contributed by atoms with Gasteiger partial charge in [-0.3, -0.25) is 4.79 Å². The molecule has 5 rings (SSSR count). The lowest BCUT2D eigenvalue weighted by Crippen LogP contribution is -2.48. The molecule has 12 heteroatoms. The van der Waals surface area contributed by atoms with E-state index in [1.165, 1.54) is 13.0 Å². The first-order valence-corrected chi connectivity index (χ1v) is 17.8. The molecule has 0 aromatic heterocycles. The Hall–Kier alpha value is -2.50. The summed E-state index contributed by atoms with van der Waals surface area (Å²) in [4.78, 5) is 15.4. The average molecular weight is 671 g/mol. The van der Waals surface area contributed by atoms with E-state index in [9.17, 15) is 31.5 Å². The van der Waals surface area contributed by atoms with Crippen molar-refractivity contribution in [3.05, 3.63) is 58.1 Å². The van der Waals surface area contributed by atoms with Crippen LogP contribution in [0.2, 0.25) is 5.02 Å². The molecule has 2 N–H and O–H groups in total. The van der Waals surface area contributed by atoms with Crippen LogP contribution in [-0.2, 0) is 23.1 Å². The molecular formula is C33H42ClF3N2O5S. The molecule has 2 aliphatic heterocycles. The monoisotopic (exact) mass is 670 g/mol.